The topological polar surface area (TPSA) is 78.8 Å². The monoisotopic (exact) mass is 367 g/mol. The van der Waals surface area contributed by atoms with Gasteiger partial charge in [0.25, 0.3) is 0 Å². The van der Waals surface area contributed by atoms with Crippen molar-refractivity contribution in [2.75, 3.05) is 37.6 Å². The summed E-state index contributed by atoms with van der Waals surface area (Å²) >= 11 is 0. The molecule has 1 atom stereocenters. The lowest BCUT2D eigenvalue weighted by Gasteiger charge is -2.41. The number of amides is 1. The highest BCUT2D eigenvalue weighted by Crippen LogP contribution is 2.32. The molecule has 0 spiro atoms. The molecule has 3 aliphatic rings. The van der Waals surface area contributed by atoms with Gasteiger partial charge in [-0.25, -0.2) is 8.42 Å². The minimum atomic E-state index is -3.11. The molecule has 1 amide bonds. The molecular weight excluding hydrogens is 342 g/mol. The van der Waals surface area contributed by atoms with E-state index in [-0.39, 0.29) is 17.2 Å². The molecule has 4 rings (SSSR count). The molecule has 8 nitrogen and oxygen atoms in total. The van der Waals surface area contributed by atoms with Gasteiger partial charge < -0.3 is 4.90 Å². The van der Waals surface area contributed by atoms with Crippen LogP contribution in [0.25, 0.3) is 0 Å². The summed E-state index contributed by atoms with van der Waals surface area (Å²) in [6.07, 6.45) is 6.96. The summed E-state index contributed by atoms with van der Waals surface area (Å²) in [5.74, 6) is 0.109. The van der Waals surface area contributed by atoms with Crippen LogP contribution in [0, 0.1) is 0 Å². The van der Waals surface area contributed by atoms with E-state index in [1.54, 1.807) is 15.2 Å². The predicted octanol–water partition coefficient (Wildman–Crippen LogP) is 0.0253. The van der Waals surface area contributed by atoms with E-state index in [1.165, 1.54) is 0 Å². The molecular formula is C16H25N5O3S. The zero-order valence-electron chi connectivity index (χ0n) is 14.5. The number of hydrogen-bond acceptors (Lipinski definition) is 5. The van der Waals surface area contributed by atoms with E-state index in [2.05, 4.69) is 10.00 Å². The van der Waals surface area contributed by atoms with Crippen molar-refractivity contribution in [3.8, 4) is 0 Å². The Balaban J connectivity index is 1.41. The number of aromatic nitrogens is 2. The molecule has 0 bridgehead atoms. The number of piperazine rings is 1. The first-order valence-electron chi connectivity index (χ1n) is 9.00. The molecule has 0 N–H and O–H groups in total. The van der Waals surface area contributed by atoms with Gasteiger partial charge in [0, 0.05) is 46.0 Å². The fraction of sp³-hybridized carbons (Fsp3) is 0.750. The van der Waals surface area contributed by atoms with Crippen LogP contribution in [-0.4, -0.2) is 77.3 Å². The van der Waals surface area contributed by atoms with Crippen LogP contribution in [0.4, 0.5) is 5.69 Å². The van der Waals surface area contributed by atoms with Gasteiger partial charge in [0.05, 0.1) is 23.2 Å². The molecule has 1 aromatic rings. The molecule has 25 heavy (non-hydrogen) atoms. The number of aryl methyl sites for hydroxylation is 1. The number of sulfonamides is 1. The van der Waals surface area contributed by atoms with Crippen molar-refractivity contribution in [1.82, 2.24) is 19.0 Å². The highest BCUT2D eigenvalue weighted by molar-refractivity contribution is 7.90. The van der Waals surface area contributed by atoms with Crippen molar-refractivity contribution in [2.24, 2.45) is 7.05 Å². The van der Waals surface area contributed by atoms with E-state index in [1.807, 2.05) is 18.1 Å². The maximum Gasteiger partial charge on any atom is 0.244 e. The Hall–Kier alpha value is -1.45. The van der Waals surface area contributed by atoms with Gasteiger partial charge >= 0.3 is 0 Å². The molecule has 2 aliphatic heterocycles. The molecule has 0 radical (unpaired) electrons. The van der Waals surface area contributed by atoms with Crippen LogP contribution in [0.1, 0.15) is 25.7 Å². The Morgan fingerprint density at radius 1 is 1.08 bits per heavy atom. The van der Waals surface area contributed by atoms with Crippen molar-refractivity contribution in [3.05, 3.63) is 12.4 Å². The van der Waals surface area contributed by atoms with E-state index in [0.29, 0.717) is 26.2 Å². The quantitative estimate of drug-likeness (QED) is 0.750. The van der Waals surface area contributed by atoms with Gasteiger partial charge in [0.1, 0.15) is 0 Å². The highest BCUT2D eigenvalue weighted by Gasteiger charge is 2.42. The summed E-state index contributed by atoms with van der Waals surface area (Å²) in [5, 5.41) is 4.00. The number of nitrogens with zero attached hydrogens (tertiary/aromatic N) is 5. The minimum absolute atomic E-state index is 0.109. The summed E-state index contributed by atoms with van der Waals surface area (Å²) in [6, 6.07) is -0.153. The summed E-state index contributed by atoms with van der Waals surface area (Å²) < 4.78 is 28.0. The minimum Gasteiger partial charge on any atom is -0.308 e. The number of anilines is 1. The second kappa shape index (κ2) is 6.37. The summed E-state index contributed by atoms with van der Waals surface area (Å²) in [6.45, 7) is 2.97. The van der Waals surface area contributed by atoms with Crippen molar-refractivity contribution in [3.63, 3.8) is 0 Å². The Bertz CT molecular complexity index is 750. The Morgan fingerprint density at radius 3 is 2.40 bits per heavy atom. The number of rotatable bonds is 4. The van der Waals surface area contributed by atoms with Crippen molar-refractivity contribution >= 4 is 21.6 Å². The Kier molecular flexibility index (Phi) is 4.33. The standard InChI is InChI=1S/C16H25N5O3S/c1-18-12-13(11-17-18)21-6-2-3-15(16(21)22)19-7-9-20(10-8-19)25(23,24)14-4-5-14/h11-12,14-15H,2-10H2,1H3. The first-order chi connectivity index (χ1) is 12.0. The van der Waals surface area contributed by atoms with Gasteiger partial charge in [-0.15, -0.1) is 0 Å². The normalized spacial score (nSPS) is 27.0. The number of carbonyl (C=O) groups is 1. The molecule has 1 aromatic heterocycles. The molecule has 138 valence electrons. The fourth-order valence-corrected chi connectivity index (χ4v) is 5.67. The first kappa shape index (κ1) is 17.0. The SMILES string of the molecule is Cn1cc(N2CCCC(N3CCN(S(=O)(=O)C4CC4)CC3)C2=O)cn1. The van der Waals surface area contributed by atoms with Crippen molar-refractivity contribution in [2.45, 2.75) is 37.0 Å². The number of hydrogen-bond donors (Lipinski definition) is 0. The average molecular weight is 367 g/mol. The van der Waals surface area contributed by atoms with Crippen LogP contribution in [0.15, 0.2) is 12.4 Å². The molecule has 1 aliphatic carbocycles. The molecule has 1 unspecified atom stereocenters. The Morgan fingerprint density at radius 2 is 1.80 bits per heavy atom. The molecule has 9 heteroatoms. The fourth-order valence-electron chi connectivity index (χ4n) is 3.85. The van der Waals surface area contributed by atoms with E-state index in [9.17, 15) is 13.2 Å². The van der Waals surface area contributed by atoms with Crippen molar-refractivity contribution in [1.29, 1.82) is 0 Å². The van der Waals surface area contributed by atoms with Crippen LogP contribution < -0.4 is 4.90 Å². The zero-order valence-corrected chi connectivity index (χ0v) is 15.4. The van der Waals surface area contributed by atoms with Gasteiger partial charge in [-0.2, -0.15) is 9.40 Å². The van der Waals surface area contributed by atoms with Gasteiger partial charge in [-0.1, -0.05) is 0 Å². The van der Waals surface area contributed by atoms with Crippen molar-refractivity contribution < 1.29 is 13.2 Å². The molecule has 3 fully saturated rings. The molecule has 2 saturated heterocycles. The maximum absolute atomic E-state index is 12.9. The maximum atomic E-state index is 12.9. The predicted molar refractivity (Wildman–Crippen MR) is 93.7 cm³/mol. The van der Waals surface area contributed by atoms with Crippen LogP contribution in [0.2, 0.25) is 0 Å². The van der Waals surface area contributed by atoms with Crippen LogP contribution >= 0.6 is 0 Å². The molecule has 1 saturated carbocycles. The van der Waals surface area contributed by atoms with Crippen LogP contribution in [-0.2, 0) is 21.9 Å². The third-order valence-electron chi connectivity index (χ3n) is 5.43. The summed E-state index contributed by atoms with van der Waals surface area (Å²) in [4.78, 5) is 16.9. The number of carbonyl (C=O) groups excluding carboxylic acids is 1. The largest absolute Gasteiger partial charge is 0.308 e. The van der Waals surface area contributed by atoms with Gasteiger partial charge in [-0.3, -0.25) is 14.4 Å². The van der Waals surface area contributed by atoms with Gasteiger partial charge in [0.2, 0.25) is 15.9 Å². The Labute approximate surface area is 148 Å². The molecule has 3 heterocycles. The van der Waals surface area contributed by atoms with E-state index in [0.717, 1.165) is 37.9 Å². The number of piperidine rings is 1. The van der Waals surface area contributed by atoms with E-state index < -0.39 is 10.0 Å². The lowest BCUT2D eigenvalue weighted by molar-refractivity contribution is -0.125. The lowest BCUT2D eigenvalue weighted by Crippen LogP contribution is -2.58. The summed E-state index contributed by atoms with van der Waals surface area (Å²) in [5.41, 5.74) is 0.840. The zero-order chi connectivity index (χ0) is 17.6. The van der Waals surface area contributed by atoms with E-state index in [4.69, 9.17) is 0 Å². The van der Waals surface area contributed by atoms with Gasteiger partial charge in [0.15, 0.2) is 0 Å². The lowest BCUT2D eigenvalue weighted by atomic mass is 10.0. The second-order valence-corrected chi connectivity index (χ2v) is 9.41. The third kappa shape index (κ3) is 3.20. The third-order valence-corrected chi connectivity index (χ3v) is 7.83. The van der Waals surface area contributed by atoms with E-state index >= 15 is 0 Å². The van der Waals surface area contributed by atoms with Crippen LogP contribution in [0.3, 0.4) is 0 Å². The first-order valence-corrected chi connectivity index (χ1v) is 10.5. The molecule has 0 aromatic carbocycles. The second-order valence-electron chi connectivity index (χ2n) is 7.20. The average Bonchev–Trinajstić information content (AvgIpc) is 3.38. The highest BCUT2D eigenvalue weighted by atomic mass is 32.2. The summed E-state index contributed by atoms with van der Waals surface area (Å²) in [7, 11) is -1.27. The smallest absolute Gasteiger partial charge is 0.244 e. The van der Waals surface area contributed by atoms with Crippen LogP contribution in [0.5, 0.6) is 0 Å². The van der Waals surface area contributed by atoms with Gasteiger partial charge in [-0.05, 0) is 25.7 Å².